The van der Waals surface area contributed by atoms with Crippen molar-refractivity contribution in [2.24, 2.45) is 0 Å². The van der Waals surface area contributed by atoms with Crippen LogP contribution in [-0.2, 0) is 14.3 Å². The van der Waals surface area contributed by atoms with E-state index in [0.29, 0.717) is 24.8 Å². The second kappa shape index (κ2) is 17.7. The molecule has 2 heterocycles. The molecule has 0 spiro atoms. The summed E-state index contributed by atoms with van der Waals surface area (Å²) in [6.45, 7) is 9.55. The van der Waals surface area contributed by atoms with Gasteiger partial charge in [0.15, 0.2) is 0 Å². The first-order chi connectivity index (χ1) is 17.8. The summed E-state index contributed by atoms with van der Waals surface area (Å²) < 4.78 is 26.5. The van der Waals surface area contributed by atoms with Crippen molar-refractivity contribution in [1.29, 1.82) is 0 Å². The molecule has 1 aromatic heterocycles. The normalized spacial score (nSPS) is 14.9. The molecule has 8 nitrogen and oxygen atoms in total. The molecule has 1 amide bonds. The average molecular weight is 539 g/mol. The SMILES string of the molecule is CC(C)N1CCN(c2ccc(C(=O)NCCCCCCCCCCCCCCOS(C)(=O)=O)cn2)CC1. The summed E-state index contributed by atoms with van der Waals surface area (Å²) in [6.07, 6.45) is 16.7. The molecular weight excluding hydrogens is 488 g/mol. The Balaban J connectivity index is 1.41. The number of pyridine rings is 1. The van der Waals surface area contributed by atoms with Crippen LogP contribution in [-0.4, -0.2) is 75.8 Å². The molecule has 0 aromatic carbocycles. The van der Waals surface area contributed by atoms with Crippen LogP contribution in [0.3, 0.4) is 0 Å². The van der Waals surface area contributed by atoms with Crippen molar-refractivity contribution >= 4 is 21.8 Å². The van der Waals surface area contributed by atoms with Gasteiger partial charge < -0.3 is 10.2 Å². The van der Waals surface area contributed by atoms with Gasteiger partial charge in [-0.1, -0.05) is 64.2 Å². The minimum absolute atomic E-state index is 0.0356. The van der Waals surface area contributed by atoms with Gasteiger partial charge in [0.2, 0.25) is 0 Å². The molecule has 0 atom stereocenters. The average Bonchev–Trinajstić information content (AvgIpc) is 2.87. The molecule has 37 heavy (non-hydrogen) atoms. The molecule has 1 aliphatic heterocycles. The lowest BCUT2D eigenvalue weighted by molar-refractivity contribution is 0.0952. The number of unbranched alkanes of at least 4 members (excludes halogenated alkanes) is 11. The van der Waals surface area contributed by atoms with E-state index < -0.39 is 10.1 Å². The summed E-state index contributed by atoms with van der Waals surface area (Å²) >= 11 is 0. The lowest BCUT2D eigenvalue weighted by Gasteiger charge is -2.37. The van der Waals surface area contributed by atoms with E-state index in [-0.39, 0.29) is 5.91 Å². The number of hydrogen-bond acceptors (Lipinski definition) is 7. The quantitative estimate of drug-likeness (QED) is 0.196. The van der Waals surface area contributed by atoms with Gasteiger partial charge >= 0.3 is 0 Å². The highest BCUT2D eigenvalue weighted by Crippen LogP contribution is 2.16. The third-order valence-corrected chi connectivity index (χ3v) is 7.63. The number of carbonyl (C=O) groups is 1. The Kier molecular flexibility index (Phi) is 15.1. The van der Waals surface area contributed by atoms with Crippen LogP contribution in [0.15, 0.2) is 18.3 Å². The van der Waals surface area contributed by atoms with E-state index in [0.717, 1.165) is 70.4 Å². The molecular formula is C28H50N4O4S. The molecule has 0 aliphatic carbocycles. The standard InChI is InChI=1S/C28H50N4O4S/c1-25(2)31-19-21-32(22-20-31)27-17-16-26(24-30-27)28(33)29-18-14-12-10-8-6-4-5-7-9-11-13-15-23-36-37(3,34)35/h16-17,24-25H,4-15,18-23H2,1-3H3,(H,29,33). The topological polar surface area (TPSA) is 91.8 Å². The van der Waals surface area contributed by atoms with Crippen molar-refractivity contribution in [3.05, 3.63) is 23.9 Å². The van der Waals surface area contributed by atoms with E-state index in [1.165, 1.54) is 44.9 Å². The van der Waals surface area contributed by atoms with Gasteiger partial charge in [-0.3, -0.25) is 13.9 Å². The number of hydrogen-bond donors (Lipinski definition) is 1. The Labute approximate surface area is 225 Å². The third kappa shape index (κ3) is 14.1. The third-order valence-electron chi connectivity index (χ3n) is 7.03. The minimum atomic E-state index is -3.29. The van der Waals surface area contributed by atoms with Crippen molar-refractivity contribution in [2.45, 2.75) is 96.9 Å². The minimum Gasteiger partial charge on any atom is -0.354 e. The van der Waals surface area contributed by atoms with Crippen molar-refractivity contribution in [1.82, 2.24) is 15.2 Å². The molecule has 1 aliphatic rings. The van der Waals surface area contributed by atoms with Crippen molar-refractivity contribution < 1.29 is 17.4 Å². The fourth-order valence-electron chi connectivity index (χ4n) is 4.68. The van der Waals surface area contributed by atoms with Gasteiger partial charge in [0.1, 0.15) is 5.82 Å². The van der Waals surface area contributed by atoms with E-state index in [9.17, 15) is 13.2 Å². The van der Waals surface area contributed by atoms with E-state index in [2.05, 4.69) is 33.9 Å². The first-order valence-corrected chi connectivity index (χ1v) is 16.2. The number of rotatable bonds is 19. The summed E-state index contributed by atoms with van der Waals surface area (Å²) in [6, 6.07) is 4.44. The molecule has 2 rings (SSSR count). The van der Waals surface area contributed by atoms with E-state index in [1.807, 2.05) is 12.1 Å². The molecule has 1 fully saturated rings. The number of amides is 1. The van der Waals surface area contributed by atoms with E-state index >= 15 is 0 Å². The monoisotopic (exact) mass is 538 g/mol. The van der Waals surface area contributed by atoms with E-state index in [1.54, 1.807) is 6.20 Å². The first kappa shape index (κ1) is 31.5. The van der Waals surface area contributed by atoms with Crippen LogP contribution in [0, 0.1) is 0 Å². The molecule has 9 heteroatoms. The smallest absolute Gasteiger partial charge is 0.264 e. The summed E-state index contributed by atoms with van der Waals surface area (Å²) in [5, 5.41) is 3.03. The Bertz CT molecular complexity index is 853. The fourth-order valence-corrected chi connectivity index (χ4v) is 5.10. The second-order valence-corrected chi connectivity index (χ2v) is 12.2. The highest BCUT2D eigenvalue weighted by Gasteiger charge is 2.19. The Hall–Kier alpha value is -1.71. The Morgan fingerprint density at radius 1 is 0.892 bits per heavy atom. The highest BCUT2D eigenvalue weighted by atomic mass is 32.2. The molecule has 212 valence electrons. The maximum Gasteiger partial charge on any atom is 0.264 e. The van der Waals surface area contributed by atoms with E-state index in [4.69, 9.17) is 4.18 Å². The highest BCUT2D eigenvalue weighted by molar-refractivity contribution is 7.85. The maximum absolute atomic E-state index is 12.4. The molecule has 0 unspecified atom stereocenters. The molecule has 1 aromatic rings. The summed E-state index contributed by atoms with van der Waals surface area (Å²) in [5.74, 6) is 0.920. The molecule has 1 N–H and O–H groups in total. The van der Waals surface area contributed by atoms with Crippen LogP contribution in [0.2, 0.25) is 0 Å². The predicted molar refractivity (Wildman–Crippen MR) is 152 cm³/mol. The van der Waals surface area contributed by atoms with Gasteiger partial charge in [0.25, 0.3) is 16.0 Å². The fraction of sp³-hybridized carbons (Fsp3) is 0.786. The zero-order valence-corrected chi connectivity index (χ0v) is 24.2. The molecule has 0 bridgehead atoms. The van der Waals surface area contributed by atoms with Gasteiger partial charge in [-0.25, -0.2) is 4.98 Å². The number of piperazine rings is 1. The predicted octanol–water partition coefficient (Wildman–Crippen LogP) is 5.00. The Morgan fingerprint density at radius 2 is 1.43 bits per heavy atom. The Morgan fingerprint density at radius 3 is 1.92 bits per heavy atom. The van der Waals surface area contributed by atoms with Crippen LogP contribution in [0.1, 0.15) is 101 Å². The maximum atomic E-state index is 12.4. The van der Waals surface area contributed by atoms with Gasteiger partial charge in [-0.15, -0.1) is 0 Å². The van der Waals surface area contributed by atoms with Crippen LogP contribution in [0.5, 0.6) is 0 Å². The number of carbonyl (C=O) groups excluding carboxylic acids is 1. The number of aromatic nitrogens is 1. The number of anilines is 1. The number of nitrogens with one attached hydrogen (secondary N) is 1. The lowest BCUT2D eigenvalue weighted by atomic mass is 10.1. The van der Waals surface area contributed by atoms with Crippen LogP contribution < -0.4 is 10.2 Å². The van der Waals surface area contributed by atoms with Crippen molar-refractivity contribution in [3.63, 3.8) is 0 Å². The summed E-state index contributed by atoms with van der Waals surface area (Å²) in [5.41, 5.74) is 0.631. The van der Waals surface area contributed by atoms with Crippen LogP contribution in [0.25, 0.3) is 0 Å². The van der Waals surface area contributed by atoms with Gasteiger partial charge in [0.05, 0.1) is 18.4 Å². The molecule has 1 saturated heterocycles. The van der Waals surface area contributed by atoms with Crippen molar-refractivity contribution in [3.8, 4) is 0 Å². The summed E-state index contributed by atoms with van der Waals surface area (Å²) in [7, 11) is -3.29. The van der Waals surface area contributed by atoms with Gasteiger partial charge in [0, 0.05) is 45.0 Å². The van der Waals surface area contributed by atoms with Crippen molar-refractivity contribution in [2.75, 3.05) is 50.5 Å². The molecule has 0 saturated carbocycles. The largest absolute Gasteiger partial charge is 0.354 e. The van der Waals surface area contributed by atoms with Crippen LogP contribution in [0.4, 0.5) is 5.82 Å². The lowest BCUT2D eigenvalue weighted by Crippen LogP contribution is -2.49. The van der Waals surface area contributed by atoms with Gasteiger partial charge in [-0.2, -0.15) is 8.42 Å². The zero-order chi connectivity index (χ0) is 26.9. The second-order valence-electron chi connectivity index (χ2n) is 10.5. The van der Waals surface area contributed by atoms with Crippen LogP contribution >= 0.6 is 0 Å². The summed E-state index contributed by atoms with van der Waals surface area (Å²) in [4.78, 5) is 21.7. The number of nitrogens with zero attached hydrogens (tertiary/aromatic N) is 3. The molecule has 0 radical (unpaired) electrons. The van der Waals surface area contributed by atoms with Gasteiger partial charge in [-0.05, 0) is 38.8 Å². The first-order valence-electron chi connectivity index (χ1n) is 14.3. The zero-order valence-electron chi connectivity index (χ0n) is 23.4.